The molecule has 0 aromatic heterocycles. The van der Waals surface area contributed by atoms with Gasteiger partial charge in [-0.1, -0.05) is 15.9 Å². The number of nitrogens with zero attached hydrogens (tertiary/aromatic N) is 1. The topological polar surface area (TPSA) is 46.6 Å². The molecule has 0 unspecified atom stereocenters. The van der Waals surface area contributed by atoms with Crippen molar-refractivity contribution in [1.82, 2.24) is 4.90 Å². The maximum atomic E-state index is 13.6. The number of ether oxygens (including phenoxy) is 1. The van der Waals surface area contributed by atoms with Crippen molar-refractivity contribution in [2.45, 2.75) is 6.42 Å². The highest BCUT2D eigenvalue weighted by molar-refractivity contribution is 9.10. The van der Waals surface area contributed by atoms with Crippen molar-refractivity contribution < 1.29 is 23.1 Å². The molecule has 0 N–H and O–H groups in total. The van der Waals surface area contributed by atoms with Gasteiger partial charge in [0.1, 0.15) is 17.2 Å². The molecule has 4 nitrogen and oxygen atoms in total. The Kier molecular flexibility index (Phi) is 5.41. The van der Waals surface area contributed by atoms with Gasteiger partial charge in [0, 0.05) is 18.1 Å². The van der Waals surface area contributed by atoms with Gasteiger partial charge in [-0.05, 0) is 12.1 Å². The number of esters is 1. The summed E-state index contributed by atoms with van der Waals surface area (Å²) >= 11 is 2.93. The van der Waals surface area contributed by atoms with Crippen LogP contribution in [0.5, 0.6) is 0 Å². The minimum absolute atomic E-state index is 0.0143. The fourth-order valence-electron chi connectivity index (χ4n) is 1.40. The van der Waals surface area contributed by atoms with Crippen molar-refractivity contribution in [3.05, 3.63) is 33.8 Å². The van der Waals surface area contributed by atoms with E-state index in [1.165, 1.54) is 14.2 Å². The zero-order chi connectivity index (χ0) is 14.6. The Morgan fingerprint density at radius 2 is 1.84 bits per heavy atom. The quantitative estimate of drug-likeness (QED) is 0.793. The summed E-state index contributed by atoms with van der Waals surface area (Å²) < 4.78 is 31.8. The van der Waals surface area contributed by atoms with E-state index in [9.17, 15) is 18.4 Å². The van der Waals surface area contributed by atoms with Crippen molar-refractivity contribution >= 4 is 27.8 Å². The van der Waals surface area contributed by atoms with Crippen molar-refractivity contribution in [2.75, 3.05) is 20.7 Å². The van der Waals surface area contributed by atoms with Crippen LogP contribution < -0.4 is 0 Å². The van der Waals surface area contributed by atoms with E-state index in [1.807, 2.05) is 0 Å². The third kappa shape index (κ3) is 3.99. The van der Waals surface area contributed by atoms with Gasteiger partial charge in [0.15, 0.2) is 0 Å². The average Bonchev–Trinajstić information content (AvgIpc) is 2.33. The number of hydrogen-bond acceptors (Lipinski definition) is 3. The third-order valence-corrected chi connectivity index (χ3v) is 2.90. The Balaban J connectivity index is 2.86. The smallest absolute Gasteiger partial charge is 0.307 e. The molecule has 0 radical (unpaired) electrons. The fraction of sp³-hybridized carbons (Fsp3) is 0.333. The predicted octanol–water partition coefficient (Wildman–Crippen LogP) is 2.36. The lowest BCUT2D eigenvalue weighted by Crippen LogP contribution is -2.30. The molecule has 19 heavy (non-hydrogen) atoms. The molecule has 0 aliphatic carbocycles. The molecular formula is C12H12BrF2NO3. The second-order valence-electron chi connectivity index (χ2n) is 3.80. The van der Waals surface area contributed by atoms with Crippen LogP contribution >= 0.6 is 15.9 Å². The second kappa shape index (κ2) is 6.60. The van der Waals surface area contributed by atoms with E-state index in [-0.39, 0.29) is 17.4 Å². The van der Waals surface area contributed by atoms with E-state index in [1.54, 1.807) is 0 Å². The maximum absolute atomic E-state index is 13.6. The Morgan fingerprint density at radius 3 is 2.32 bits per heavy atom. The van der Waals surface area contributed by atoms with Gasteiger partial charge >= 0.3 is 5.97 Å². The largest absolute Gasteiger partial charge is 0.469 e. The number of carbonyl (C=O) groups excluding carboxylic acids is 2. The Labute approximate surface area is 117 Å². The summed E-state index contributed by atoms with van der Waals surface area (Å²) in [7, 11) is 2.57. The van der Waals surface area contributed by atoms with E-state index >= 15 is 0 Å². The van der Waals surface area contributed by atoms with Gasteiger partial charge in [0.05, 0.1) is 13.5 Å². The van der Waals surface area contributed by atoms with Gasteiger partial charge in [0.2, 0.25) is 0 Å². The van der Waals surface area contributed by atoms with E-state index in [0.29, 0.717) is 0 Å². The molecule has 1 aromatic carbocycles. The molecule has 0 spiro atoms. The minimum atomic E-state index is -0.957. The summed E-state index contributed by atoms with van der Waals surface area (Å²) in [6.07, 6.45) is -0.0431. The highest BCUT2D eigenvalue weighted by Gasteiger charge is 2.22. The van der Waals surface area contributed by atoms with Gasteiger partial charge in [0.25, 0.3) is 5.91 Å². The van der Waals surface area contributed by atoms with Crippen LogP contribution in [0.4, 0.5) is 8.78 Å². The molecule has 0 aliphatic heterocycles. The molecule has 7 heteroatoms. The van der Waals surface area contributed by atoms with Crippen LogP contribution in [0.1, 0.15) is 16.8 Å². The molecule has 0 fully saturated rings. The fourth-order valence-corrected chi connectivity index (χ4v) is 1.80. The number of methoxy groups -OCH3 is 1. The molecule has 0 saturated carbocycles. The first-order valence-corrected chi connectivity index (χ1v) is 6.13. The molecule has 1 aromatic rings. The third-order valence-electron chi connectivity index (χ3n) is 2.45. The Bertz CT molecular complexity index is 485. The van der Waals surface area contributed by atoms with Crippen molar-refractivity contribution in [3.63, 3.8) is 0 Å². The van der Waals surface area contributed by atoms with Crippen LogP contribution in [-0.2, 0) is 9.53 Å². The van der Waals surface area contributed by atoms with E-state index in [0.717, 1.165) is 17.0 Å². The van der Waals surface area contributed by atoms with Crippen LogP contribution in [0.15, 0.2) is 16.6 Å². The molecular weight excluding hydrogens is 324 g/mol. The van der Waals surface area contributed by atoms with Crippen LogP contribution in [-0.4, -0.2) is 37.5 Å². The predicted molar refractivity (Wildman–Crippen MR) is 67.7 cm³/mol. The Hall–Kier alpha value is -1.50. The minimum Gasteiger partial charge on any atom is -0.469 e. The molecule has 0 atom stereocenters. The first kappa shape index (κ1) is 15.6. The molecule has 104 valence electrons. The van der Waals surface area contributed by atoms with E-state index in [2.05, 4.69) is 20.7 Å². The zero-order valence-electron chi connectivity index (χ0n) is 10.4. The van der Waals surface area contributed by atoms with Crippen LogP contribution in [0.2, 0.25) is 0 Å². The Morgan fingerprint density at radius 1 is 1.32 bits per heavy atom. The summed E-state index contributed by atoms with van der Waals surface area (Å²) in [6, 6.07) is 2.01. The van der Waals surface area contributed by atoms with Gasteiger partial charge in [-0.15, -0.1) is 0 Å². The number of halogens is 3. The number of hydrogen-bond donors (Lipinski definition) is 0. The zero-order valence-corrected chi connectivity index (χ0v) is 12.0. The molecule has 0 saturated heterocycles. The monoisotopic (exact) mass is 335 g/mol. The lowest BCUT2D eigenvalue weighted by molar-refractivity contribution is -0.140. The van der Waals surface area contributed by atoms with E-state index in [4.69, 9.17) is 0 Å². The summed E-state index contributed by atoms with van der Waals surface area (Å²) in [5.74, 6) is -3.24. The SMILES string of the molecule is COC(=O)CCN(C)C(=O)c1c(F)cc(Br)cc1F. The summed E-state index contributed by atoms with van der Waals surface area (Å²) in [5.41, 5.74) is -0.643. The summed E-state index contributed by atoms with van der Waals surface area (Å²) in [5, 5.41) is 0. The lowest BCUT2D eigenvalue weighted by Gasteiger charge is -2.17. The van der Waals surface area contributed by atoms with Crippen molar-refractivity contribution in [1.29, 1.82) is 0 Å². The standard InChI is InChI=1S/C12H12BrF2NO3/c1-16(4-3-10(17)19-2)12(18)11-8(14)5-7(13)6-9(11)15/h5-6H,3-4H2,1-2H3. The molecule has 1 amide bonds. The van der Waals surface area contributed by atoms with E-state index < -0.39 is 29.1 Å². The van der Waals surface area contributed by atoms with Crippen molar-refractivity contribution in [2.24, 2.45) is 0 Å². The maximum Gasteiger partial charge on any atom is 0.307 e. The van der Waals surface area contributed by atoms with Crippen LogP contribution in [0.25, 0.3) is 0 Å². The summed E-state index contributed by atoms with van der Waals surface area (Å²) in [4.78, 5) is 23.9. The molecule has 1 rings (SSSR count). The van der Waals surface area contributed by atoms with Gasteiger partial charge in [-0.25, -0.2) is 8.78 Å². The highest BCUT2D eigenvalue weighted by Crippen LogP contribution is 2.20. The first-order valence-electron chi connectivity index (χ1n) is 5.33. The highest BCUT2D eigenvalue weighted by atomic mass is 79.9. The second-order valence-corrected chi connectivity index (χ2v) is 4.71. The lowest BCUT2D eigenvalue weighted by atomic mass is 10.1. The van der Waals surface area contributed by atoms with Gasteiger partial charge in [-0.3, -0.25) is 9.59 Å². The number of amides is 1. The van der Waals surface area contributed by atoms with Crippen LogP contribution in [0.3, 0.4) is 0 Å². The number of benzene rings is 1. The number of rotatable bonds is 4. The van der Waals surface area contributed by atoms with Crippen molar-refractivity contribution in [3.8, 4) is 0 Å². The van der Waals surface area contributed by atoms with Gasteiger partial charge in [-0.2, -0.15) is 0 Å². The normalized spacial score (nSPS) is 10.2. The molecule has 0 heterocycles. The summed E-state index contributed by atoms with van der Waals surface area (Å²) in [6.45, 7) is 0.0143. The average molecular weight is 336 g/mol. The first-order chi connectivity index (χ1) is 8.86. The number of carbonyl (C=O) groups is 2. The molecule has 0 bridgehead atoms. The molecule has 0 aliphatic rings. The van der Waals surface area contributed by atoms with Crippen LogP contribution in [0, 0.1) is 11.6 Å². The van der Waals surface area contributed by atoms with Gasteiger partial charge < -0.3 is 9.64 Å².